The number of hydrogen-bond donors (Lipinski definition) is 0. The Kier molecular flexibility index (Phi) is 3.71. The Bertz CT molecular complexity index is 631. The van der Waals surface area contributed by atoms with Crippen LogP contribution < -0.4 is 0 Å². The van der Waals surface area contributed by atoms with E-state index in [0.29, 0.717) is 6.07 Å². The van der Waals surface area contributed by atoms with Crippen molar-refractivity contribution in [3.8, 4) is 11.3 Å². The molecule has 7 heteroatoms. The van der Waals surface area contributed by atoms with Gasteiger partial charge in [0.1, 0.15) is 5.69 Å². The molecule has 0 spiro atoms. The highest BCUT2D eigenvalue weighted by Gasteiger charge is 2.17. The van der Waals surface area contributed by atoms with E-state index in [1.165, 1.54) is 12.1 Å². The molecule has 0 unspecified atom stereocenters. The molecule has 0 saturated carbocycles. The van der Waals surface area contributed by atoms with E-state index in [1.54, 1.807) is 0 Å². The molecule has 1 nitrogen and oxygen atoms in total. The van der Waals surface area contributed by atoms with Crippen LogP contribution in [0.2, 0.25) is 15.1 Å². The molecule has 18 heavy (non-hydrogen) atoms. The lowest BCUT2D eigenvalue weighted by molar-refractivity contribution is 0.466. The topological polar surface area (TPSA) is 12.9 Å². The largest absolute Gasteiger partial charge is 0.249 e. The molecule has 0 aliphatic heterocycles. The van der Waals surface area contributed by atoms with Crippen molar-refractivity contribution in [3.05, 3.63) is 50.8 Å². The van der Waals surface area contributed by atoms with Gasteiger partial charge in [0.25, 0.3) is 0 Å². The molecule has 1 aromatic carbocycles. The number of benzene rings is 1. The Morgan fingerprint density at radius 1 is 0.889 bits per heavy atom. The van der Waals surface area contributed by atoms with Crippen molar-refractivity contribution >= 4 is 34.8 Å². The zero-order valence-electron chi connectivity index (χ0n) is 8.45. The predicted molar refractivity (Wildman–Crippen MR) is 64.6 cm³/mol. The molecule has 0 amide bonds. The summed E-state index contributed by atoms with van der Waals surface area (Å²) in [5.74, 6) is -3.88. The summed E-state index contributed by atoms with van der Waals surface area (Å²) in [4.78, 5) is 3.17. The molecule has 0 fully saturated rings. The van der Waals surface area contributed by atoms with Gasteiger partial charge >= 0.3 is 0 Å². The highest BCUT2D eigenvalue weighted by Crippen LogP contribution is 2.36. The van der Waals surface area contributed by atoms with Gasteiger partial charge in [-0.25, -0.2) is 13.8 Å². The number of halogens is 6. The maximum Gasteiger partial charge on any atom is 0.249 e. The van der Waals surface area contributed by atoms with Crippen LogP contribution >= 0.6 is 34.8 Å². The Hall–Kier alpha value is -0.970. The van der Waals surface area contributed by atoms with Gasteiger partial charge in [-0.1, -0.05) is 34.8 Å². The fourth-order valence-corrected chi connectivity index (χ4v) is 2.05. The minimum Gasteiger partial charge on any atom is -0.214 e. The van der Waals surface area contributed by atoms with Crippen molar-refractivity contribution in [1.82, 2.24) is 4.98 Å². The molecule has 94 valence electrons. The minimum atomic E-state index is -1.43. The van der Waals surface area contributed by atoms with Gasteiger partial charge < -0.3 is 0 Å². The van der Waals surface area contributed by atoms with E-state index < -0.39 is 23.3 Å². The van der Waals surface area contributed by atoms with Gasteiger partial charge in [-0.05, 0) is 12.1 Å². The summed E-state index contributed by atoms with van der Waals surface area (Å²) in [6.45, 7) is 0. The SMILES string of the molecule is Fc1cc(F)c(-c2cc(Cl)cc(Cl)c2Cl)nc1F. The zero-order valence-corrected chi connectivity index (χ0v) is 10.7. The summed E-state index contributed by atoms with van der Waals surface area (Å²) in [5, 5.41) is 0.189. The smallest absolute Gasteiger partial charge is 0.214 e. The minimum absolute atomic E-state index is 0.00873. The average molecular weight is 313 g/mol. The van der Waals surface area contributed by atoms with Crippen LogP contribution in [0.1, 0.15) is 0 Å². The van der Waals surface area contributed by atoms with Crippen molar-refractivity contribution in [2.24, 2.45) is 0 Å². The molecule has 0 bridgehead atoms. The van der Waals surface area contributed by atoms with Crippen LogP contribution in [0.5, 0.6) is 0 Å². The van der Waals surface area contributed by atoms with E-state index in [1.807, 2.05) is 0 Å². The van der Waals surface area contributed by atoms with Crippen LogP contribution in [0.4, 0.5) is 13.2 Å². The third kappa shape index (κ3) is 2.41. The average Bonchev–Trinajstić information content (AvgIpc) is 2.29. The zero-order chi connectivity index (χ0) is 13.4. The first kappa shape index (κ1) is 13.5. The second-order valence-corrected chi connectivity index (χ2v) is 4.56. The number of aromatic nitrogens is 1. The van der Waals surface area contributed by atoms with E-state index >= 15 is 0 Å². The van der Waals surface area contributed by atoms with Gasteiger partial charge in [-0.2, -0.15) is 4.39 Å². The molecule has 0 aliphatic carbocycles. The van der Waals surface area contributed by atoms with Crippen molar-refractivity contribution in [3.63, 3.8) is 0 Å². The molecule has 0 atom stereocenters. The Balaban J connectivity index is 2.73. The summed E-state index contributed by atoms with van der Waals surface area (Å²) >= 11 is 17.3. The Labute approximate surface area is 115 Å². The number of hydrogen-bond acceptors (Lipinski definition) is 1. The van der Waals surface area contributed by atoms with Crippen molar-refractivity contribution < 1.29 is 13.2 Å². The third-order valence-electron chi connectivity index (χ3n) is 2.13. The quantitative estimate of drug-likeness (QED) is 0.526. The molecular weight excluding hydrogens is 309 g/mol. The van der Waals surface area contributed by atoms with Gasteiger partial charge in [0.05, 0.1) is 10.0 Å². The van der Waals surface area contributed by atoms with Gasteiger partial charge in [0.2, 0.25) is 5.95 Å². The van der Waals surface area contributed by atoms with E-state index in [4.69, 9.17) is 34.8 Å². The standard InChI is InChI=1S/C11H3Cl3F3N/c12-4-1-5(9(14)6(13)2-4)10-7(15)3-8(16)11(17)18-10/h1-3H. The summed E-state index contributed by atoms with van der Waals surface area (Å²) in [7, 11) is 0. The first-order valence-electron chi connectivity index (χ1n) is 4.56. The van der Waals surface area contributed by atoms with Gasteiger partial charge in [0, 0.05) is 16.7 Å². The molecule has 1 heterocycles. The lowest BCUT2D eigenvalue weighted by Crippen LogP contribution is -1.97. The van der Waals surface area contributed by atoms with E-state index in [0.717, 1.165) is 0 Å². The van der Waals surface area contributed by atoms with Crippen LogP contribution in [0.15, 0.2) is 18.2 Å². The normalized spacial score (nSPS) is 10.8. The molecule has 2 rings (SSSR count). The summed E-state index contributed by atoms with van der Waals surface area (Å²) < 4.78 is 39.3. The molecular formula is C11H3Cl3F3N. The van der Waals surface area contributed by atoms with Crippen molar-refractivity contribution in [2.75, 3.05) is 0 Å². The summed E-state index contributed by atoms with van der Waals surface area (Å²) in [5.41, 5.74) is -0.464. The number of rotatable bonds is 1. The Morgan fingerprint density at radius 3 is 2.22 bits per heavy atom. The summed E-state index contributed by atoms with van der Waals surface area (Å²) in [6.07, 6.45) is 0. The van der Waals surface area contributed by atoms with Crippen LogP contribution in [0, 0.1) is 17.6 Å². The van der Waals surface area contributed by atoms with Crippen molar-refractivity contribution in [2.45, 2.75) is 0 Å². The molecule has 0 saturated heterocycles. The van der Waals surface area contributed by atoms with Gasteiger partial charge in [-0.3, -0.25) is 0 Å². The third-order valence-corrected chi connectivity index (χ3v) is 3.16. The van der Waals surface area contributed by atoms with E-state index in [-0.39, 0.29) is 20.6 Å². The monoisotopic (exact) mass is 311 g/mol. The fourth-order valence-electron chi connectivity index (χ4n) is 1.36. The second-order valence-electron chi connectivity index (χ2n) is 3.34. The summed E-state index contributed by atoms with van der Waals surface area (Å²) in [6, 6.07) is 2.98. The maximum absolute atomic E-state index is 13.5. The molecule has 0 N–H and O–H groups in total. The maximum atomic E-state index is 13.5. The predicted octanol–water partition coefficient (Wildman–Crippen LogP) is 5.13. The van der Waals surface area contributed by atoms with E-state index in [9.17, 15) is 13.2 Å². The second kappa shape index (κ2) is 4.96. The molecule has 2 aromatic rings. The van der Waals surface area contributed by atoms with Gasteiger partial charge in [0.15, 0.2) is 11.6 Å². The highest BCUT2D eigenvalue weighted by molar-refractivity contribution is 6.45. The van der Waals surface area contributed by atoms with Crippen molar-refractivity contribution in [1.29, 1.82) is 0 Å². The lowest BCUT2D eigenvalue weighted by atomic mass is 10.1. The van der Waals surface area contributed by atoms with Crippen LogP contribution in [0.3, 0.4) is 0 Å². The fraction of sp³-hybridized carbons (Fsp3) is 0. The molecule has 0 aliphatic rings. The molecule has 1 aromatic heterocycles. The van der Waals surface area contributed by atoms with Gasteiger partial charge in [-0.15, -0.1) is 0 Å². The van der Waals surface area contributed by atoms with Crippen LogP contribution in [-0.4, -0.2) is 4.98 Å². The lowest BCUT2D eigenvalue weighted by Gasteiger charge is -2.08. The van der Waals surface area contributed by atoms with Crippen LogP contribution in [-0.2, 0) is 0 Å². The van der Waals surface area contributed by atoms with E-state index in [2.05, 4.69) is 4.98 Å². The highest BCUT2D eigenvalue weighted by atomic mass is 35.5. The number of pyridine rings is 1. The Morgan fingerprint density at radius 2 is 1.56 bits per heavy atom. The van der Waals surface area contributed by atoms with Crippen LogP contribution in [0.25, 0.3) is 11.3 Å². The first-order valence-corrected chi connectivity index (χ1v) is 5.70. The number of nitrogens with zero attached hydrogens (tertiary/aromatic N) is 1. The first-order chi connectivity index (χ1) is 8.40. The molecule has 0 radical (unpaired) electrons.